The molecular weight excluding hydrogens is 242 g/mol. The van der Waals surface area contributed by atoms with E-state index in [1.807, 2.05) is 0 Å². The topological polar surface area (TPSA) is 61.4 Å². The predicted octanol–water partition coefficient (Wildman–Crippen LogP) is 0.505. The number of likely N-dealkylation sites (tertiary alicyclic amines) is 1. The van der Waals surface area contributed by atoms with Crippen LogP contribution in [0.1, 0.15) is 38.5 Å². The average Bonchev–Trinajstić information content (AvgIpc) is 2.45. The number of carbonyl (C=O) groups excluding carboxylic acids is 2. The highest BCUT2D eigenvalue weighted by Crippen LogP contribution is 2.11. The van der Waals surface area contributed by atoms with Gasteiger partial charge in [-0.15, -0.1) is 0 Å². The third-order valence-electron chi connectivity index (χ3n) is 4.04. The lowest BCUT2D eigenvalue weighted by Gasteiger charge is -2.26. The molecule has 2 rings (SSSR count). The summed E-state index contributed by atoms with van der Waals surface area (Å²) in [6.07, 6.45) is 6.17. The number of hydrogen-bond donors (Lipinski definition) is 2. The molecule has 0 spiro atoms. The SMILES string of the molecule is O=C1CCC(C(=O)NCCCN2CCCCC2)CN1. The molecule has 2 saturated heterocycles. The molecule has 0 bridgehead atoms. The molecule has 2 fully saturated rings. The van der Waals surface area contributed by atoms with Crippen LogP contribution in [-0.4, -0.2) is 49.4 Å². The van der Waals surface area contributed by atoms with Crippen molar-refractivity contribution in [1.82, 2.24) is 15.5 Å². The molecule has 2 aliphatic heterocycles. The molecule has 2 aliphatic rings. The fraction of sp³-hybridized carbons (Fsp3) is 0.857. The Labute approximate surface area is 115 Å². The molecule has 5 heteroatoms. The lowest BCUT2D eigenvalue weighted by molar-refractivity contribution is -0.128. The summed E-state index contributed by atoms with van der Waals surface area (Å²) in [6, 6.07) is 0. The summed E-state index contributed by atoms with van der Waals surface area (Å²) < 4.78 is 0. The van der Waals surface area contributed by atoms with Gasteiger partial charge in [-0.05, 0) is 45.3 Å². The third kappa shape index (κ3) is 4.82. The van der Waals surface area contributed by atoms with Crippen LogP contribution in [-0.2, 0) is 9.59 Å². The van der Waals surface area contributed by atoms with E-state index in [4.69, 9.17) is 0 Å². The number of rotatable bonds is 5. The summed E-state index contributed by atoms with van der Waals surface area (Å²) in [5, 5.41) is 5.74. The largest absolute Gasteiger partial charge is 0.356 e. The summed E-state index contributed by atoms with van der Waals surface area (Å²) in [6.45, 7) is 4.75. The van der Waals surface area contributed by atoms with Crippen molar-refractivity contribution in [3.8, 4) is 0 Å². The fourth-order valence-electron chi connectivity index (χ4n) is 2.80. The van der Waals surface area contributed by atoms with Gasteiger partial charge in [-0.1, -0.05) is 6.42 Å². The first-order valence-corrected chi connectivity index (χ1v) is 7.52. The van der Waals surface area contributed by atoms with Crippen molar-refractivity contribution in [3.05, 3.63) is 0 Å². The highest BCUT2D eigenvalue weighted by Gasteiger charge is 2.23. The number of amides is 2. The molecule has 0 saturated carbocycles. The smallest absolute Gasteiger partial charge is 0.224 e. The van der Waals surface area contributed by atoms with E-state index in [2.05, 4.69) is 15.5 Å². The van der Waals surface area contributed by atoms with Crippen LogP contribution >= 0.6 is 0 Å². The zero-order chi connectivity index (χ0) is 13.5. The summed E-state index contributed by atoms with van der Waals surface area (Å²) in [5.74, 6) is 0.125. The van der Waals surface area contributed by atoms with E-state index in [-0.39, 0.29) is 17.7 Å². The maximum absolute atomic E-state index is 11.9. The van der Waals surface area contributed by atoms with Gasteiger partial charge in [0.15, 0.2) is 0 Å². The molecule has 0 aromatic carbocycles. The summed E-state index contributed by atoms with van der Waals surface area (Å²) in [4.78, 5) is 25.4. The number of nitrogens with one attached hydrogen (secondary N) is 2. The van der Waals surface area contributed by atoms with Crippen LogP contribution in [0, 0.1) is 5.92 Å². The van der Waals surface area contributed by atoms with Gasteiger partial charge in [0.05, 0.1) is 5.92 Å². The molecule has 2 amide bonds. The number of hydrogen-bond acceptors (Lipinski definition) is 3. The van der Waals surface area contributed by atoms with Crippen molar-refractivity contribution in [2.45, 2.75) is 38.5 Å². The van der Waals surface area contributed by atoms with Crippen LogP contribution in [0.15, 0.2) is 0 Å². The highest BCUT2D eigenvalue weighted by molar-refractivity contribution is 5.83. The van der Waals surface area contributed by atoms with Crippen molar-refractivity contribution in [1.29, 1.82) is 0 Å². The molecule has 108 valence electrons. The molecule has 0 aromatic rings. The molecule has 1 atom stereocenters. The monoisotopic (exact) mass is 267 g/mol. The van der Waals surface area contributed by atoms with Crippen molar-refractivity contribution < 1.29 is 9.59 Å². The Balaban J connectivity index is 1.54. The minimum absolute atomic E-state index is 0.0345. The van der Waals surface area contributed by atoms with E-state index in [1.165, 1.54) is 32.4 Å². The molecule has 0 aromatic heterocycles. The van der Waals surface area contributed by atoms with Crippen LogP contribution in [0.3, 0.4) is 0 Å². The average molecular weight is 267 g/mol. The number of nitrogens with zero attached hydrogens (tertiary/aromatic N) is 1. The minimum Gasteiger partial charge on any atom is -0.356 e. The Kier molecular flexibility index (Phi) is 5.63. The second kappa shape index (κ2) is 7.48. The van der Waals surface area contributed by atoms with Gasteiger partial charge in [-0.25, -0.2) is 0 Å². The Morgan fingerprint density at radius 3 is 2.79 bits per heavy atom. The summed E-state index contributed by atoms with van der Waals surface area (Å²) >= 11 is 0. The Hall–Kier alpha value is -1.10. The third-order valence-corrected chi connectivity index (χ3v) is 4.04. The first-order valence-electron chi connectivity index (χ1n) is 7.52. The van der Waals surface area contributed by atoms with Gasteiger partial charge in [0, 0.05) is 19.5 Å². The van der Waals surface area contributed by atoms with E-state index >= 15 is 0 Å². The second-order valence-electron chi connectivity index (χ2n) is 5.59. The zero-order valence-electron chi connectivity index (χ0n) is 11.6. The van der Waals surface area contributed by atoms with E-state index < -0.39 is 0 Å². The lowest BCUT2D eigenvalue weighted by Crippen LogP contribution is -2.43. The molecule has 19 heavy (non-hydrogen) atoms. The Bertz CT molecular complexity index is 304. The number of carbonyl (C=O) groups is 2. The van der Waals surface area contributed by atoms with Crippen LogP contribution in [0.25, 0.3) is 0 Å². The Morgan fingerprint density at radius 1 is 1.32 bits per heavy atom. The van der Waals surface area contributed by atoms with Crippen molar-refractivity contribution in [2.24, 2.45) is 5.92 Å². The predicted molar refractivity (Wildman–Crippen MR) is 73.7 cm³/mol. The van der Waals surface area contributed by atoms with Gasteiger partial charge in [-0.2, -0.15) is 0 Å². The molecule has 5 nitrogen and oxygen atoms in total. The summed E-state index contributed by atoms with van der Waals surface area (Å²) in [7, 11) is 0. The Morgan fingerprint density at radius 2 is 2.11 bits per heavy atom. The normalized spacial score (nSPS) is 24.8. The van der Waals surface area contributed by atoms with Crippen molar-refractivity contribution in [3.63, 3.8) is 0 Å². The standard InChI is InChI=1S/C14H25N3O2/c18-13-6-5-12(11-16-13)14(19)15-7-4-10-17-8-2-1-3-9-17/h12H,1-11H2,(H,15,19)(H,16,18). The van der Waals surface area contributed by atoms with Gasteiger partial charge in [0.25, 0.3) is 0 Å². The quantitative estimate of drug-likeness (QED) is 0.713. The maximum atomic E-state index is 11.9. The van der Waals surface area contributed by atoms with Gasteiger partial charge in [-0.3, -0.25) is 9.59 Å². The molecule has 2 heterocycles. The molecule has 2 N–H and O–H groups in total. The van der Waals surface area contributed by atoms with E-state index in [1.54, 1.807) is 0 Å². The highest BCUT2D eigenvalue weighted by atomic mass is 16.2. The summed E-state index contributed by atoms with van der Waals surface area (Å²) in [5.41, 5.74) is 0. The van der Waals surface area contributed by atoms with Gasteiger partial charge >= 0.3 is 0 Å². The van der Waals surface area contributed by atoms with Gasteiger partial charge in [0.2, 0.25) is 11.8 Å². The minimum atomic E-state index is -0.0345. The number of piperidine rings is 2. The maximum Gasteiger partial charge on any atom is 0.224 e. The molecule has 0 radical (unpaired) electrons. The van der Waals surface area contributed by atoms with Crippen LogP contribution in [0.5, 0.6) is 0 Å². The first kappa shape index (κ1) is 14.3. The van der Waals surface area contributed by atoms with Gasteiger partial charge < -0.3 is 15.5 Å². The molecule has 1 unspecified atom stereocenters. The fourth-order valence-corrected chi connectivity index (χ4v) is 2.80. The van der Waals surface area contributed by atoms with Crippen LogP contribution in [0.4, 0.5) is 0 Å². The van der Waals surface area contributed by atoms with Crippen molar-refractivity contribution in [2.75, 3.05) is 32.7 Å². The van der Waals surface area contributed by atoms with Crippen molar-refractivity contribution >= 4 is 11.8 Å². The molecule has 0 aliphatic carbocycles. The van der Waals surface area contributed by atoms with Crippen LogP contribution < -0.4 is 10.6 Å². The first-order chi connectivity index (χ1) is 9.25. The molecular formula is C14H25N3O2. The van der Waals surface area contributed by atoms with E-state index in [0.29, 0.717) is 19.4 Å². The van der Waals surface area contributed by atoms with E-state index in [9.17, 15) is 9.59 Å². The zero-order valence-corrected chi connectivity index (χ0v) is 11.6. The lowest BCUT2D eigenvalue weighted by atomic mass is 9.98. The van der Waals surface area contributed by atoms with E-state index in [0.717, 1.165) is 19.5 Å². The second-order valence-corrected chi connectivity index (χ2v) is 5.59. The van der Waals surface area contributed by atoms with Crippen LogP contribution in [0.2, 0.25) is 0 Å². The van der Waals surface area contributed by atoms with Gasteiger partial charge in [0.1, 0.15) is 0 Å².